The van der Waals surface area contributed by atoms with E-state index in [0.717, 1.165) is 42.4 Å². The van der Waals surface area contributed by atoms with Crippen molar-refractivity contribution in [3.05, 3.63) is 24.3 Å². The predicted octanol–water partition coefficient (Wildman–Crippen LogP) is 3.82. The second-order valence-electron chi connectivity index (χ2n) is 8.55. The van der Waals surface area contributed by atoms with Gasteiger partial charge in [0.1, 0.15) is 0 Å². The molecule has 2 amide bonds. The number of carbonyl (C=O) groups is 2. The van der Waals surface area contributed by atoms with E-state index in [2.05, 4.69) is 16.3 Å². The van der Waals surface area contributed by atoms with Crippen molar-refractivity contribution in [2.45, 2.75) is 74.8 Å². The molecule has 1 atom stereocenters. The molecular weight excluding hydrogens is 382 g/mol. The van der Waals surface area contributed by atoms with Crippen LogP contribution in [0.1, 0.15) is 57.8 Å². The van der Waals surface area contributed by atoms with Crippen molar-refractivity contribution in [2.24, 2.45) is 0 Å². The van der Waals surface area contributed by atoms with Gasteiger partial charge in [-0.15, -0.1) is 11.8 Å². The average Bonchev–Trinajstić information content (AvgIpc) is 3.03. The first-order chi connectivity index (χ1) is 14.2. The van der Waals surface area contributed by atoms with E-state index in [1.54, 1.807) is 11.8 Å². The maximum absolute atomic E-state index is 12.7. The van der Waals surface area contributed by atoms with Crippen LogP contribution in [0.4, 0.5) is 5.69 Å². The third-order valence-electron chi connectivity index (χ3n) is 6.52. The summed E-state index contributed by atoms with van der Waals surface area (Å²) in [5.41, 5.74) is 0.990. The van der Waals surface area contributed by atoms with E-state index in [0.29, 0.717) is 6.04 Å². The van der Waals surface area contributed by atoms with Gasteiger partial charge in [0, 0.05) is 55.2 Å². The molecule has 6 heteroatoms. The smallest absolute Gasteiger partial charge is 0.227 e. The fraction of sp³-hybridized carbons (Fsp3) is 0.652. The summed E-state index contributed by atoms with van der Waals surface area (Å²) < 4.78 is 0. The maximum atomic E-state index is 12.7. The first-order valence-electron chi connectivity index (χ1n) is 11.3. The normalized spacial score (nSPS) is 23.4. The van der Waals surface area contributed by atoms with Gasteiger partial charge < -0.3 is 10.2 Å². The number of anilines is 1. The van der Waals surface area contributed by atoms with E-state index in [1.165, 1.54) is 38.5 Å². The number of para-hydroxylation sites is 1. The van der Waals surface area contributed by atoms with E-state index in [1.807, 2.05) is 23.1 Å². The first kappa shape index (κ1) is 20.7. The Morgan fingerprint density at radius 3 is 2.62 bits per heavy atom. The minimum Gasteiger partial charge on any atom is -0.352 e. The number of hydrogen-bond donors (Lipinski definition) is 1. The topological polar surface area (TPSA) is 52.7 Å². The lowest BCUT2D eigenvalue weighted by molar-refractivity contribution is -0.125. The summed E-state index contributed by atoms with van der Waals surface area (Å²) in [6.45, 7) is 2.79. The summed E-state index contributed by atoms with van der Waals surface area (Å²) in [6, 6.07) is 8.99. The Labute approximate surface area is 178 Å². The van der Waals surface area contributed by atoms with Crippen LogP contribution in [0.15, 0.2) is 29.2 Å². The number of nitrogens with zero attached hydrogens (tertiary/aromatic N) is 2. The number of benzene rings is 1. The van der Waals surface area contributed by atoms with Crippen LogP contribution in [0, 0.1) is 0 Å². The Kier molecular flexibility index (Phi) is 7.14. The van der Waals surface area contributed by atoms with Gasteiger partial charge in [-0.2, -0.15) is 0 Å². The number of likely N-dealkylation sites (tertiary alicyclic amines) is 1. The van der Waals surface area contributed by atoms with Crippen molar-refractivity contribution >= 4 is 29.3 Å². The van der Waals surface area contributed by atoms with Crippen molar-refractivity contribution < 1.29 is 9.59 Å². The zero-order valence-electron chi connectivity index (χ0n) is 17.3. The van der Waals surface area contributed by atoms with E-state index in [9.17, 15) is 9.59 Å². The van der Waals surface area contributed by atoms with Crippen molar-refractivity contribution in [1.29, 1.82) is 0 Å². The van der Waals surface area contributed by atoms with Gasteiger partial charge in [0.2, 0.25) is 11.8 Å². The van der Waals surface area contributed by atoms with Crippen LogP contribution in [0.5, 0.6) is 0 Å². The molecule has 0 bridgehead atoms. The van der Waals surface area contributed by atoms with Gasteiger partial charge in [-0.25, -0.2) is 0 Å². The predicted molar refractivity (Wildman–Crippen MR) is 118 cm³/mol. The fourth-order valence-corrected chi connectivity index (χ4v) is 5.94. The monoisotopic (exact) mass is 415 g/mol. The van der Waals surface area contributed by atoms with Crippen LogP contribution >= 0.6 is 11.8 Å². The fourth-order valence-electron chi connectivity index (χ4n) is 4.94. The second kappa shape index (κ2) is 9.98. The summed E-state index contributed by atoms with van der Waals surface area (Å²) in [7, 11) is 0. The summed E-state index contributed by atoms with van der Waals surface area (Å²) in [5.74, 6) is 0.985. The number of thioether (sulfide) groups is 1. The minimum atomic E-state index is 0.0192. The van der Waals surface area contributed by atoms with Gasteiger partial charge in [0.25, 0.3) is 0 Å². The maximum Gasteiger partial charge on any atom is 0.227 e. The van der Waals surface area contributed by atoms with Crippen molar-refractivity contribution in [3.8, 4) is 0 Å². The molecule has 2 fully saturated rings. The summed E-state index contributed by atoms with van der Waals surface area (Å²) >= 11 is 1.79. The molecule has 29 heavy (non-hydrogen) atoms. The number of carbonyl (C=O) groups excluding carboxylic acids is 2. The first-order valence-corrected chi connectivity index (χ1v) is 12.2. The number of nitrogens with one attached hydrogen (secondary N) is 1. The highest BCUT2D eigenvalue weighted by atomic mass is 32.2. The molecule has 1 aliphatic carbocycles. The van der Waals surface area contributed by atoms with Gasteiger partial charge in [0.15, 0.2) is 0 Å². The molecule has 1 saturated carbocycles. The van der Waals surface area contributed by atoms with Crippen LogP contribution in [0.25, 0.3) is 0 Å². The lowest BCUT2D eigenvalue weighted by atomic mass is 10.1. The highest BCUT2D eigenvalue weighted by molar-refractivity contribution is 7.99. The van der Waals surface area contributed by atoms with Crippen LogP contribution in [-0.4, -0.2) is 54.2 Å². The molecule has 4 rings (SSSR count). The molecule has 1 aromatic rings. The van der Waals surface area contributed by atoms with Crippen molar-refractivity contribution in [3.63, 3.8) is 0 Å². The number of hydrogen-bond acceptors (Lipinski definition) is 4. The van der Waals surface area contributed by atoms with Gasteiger partial charge in [0.05, 0.1) is 5.69 Å². The molecule has 5 nitrogen and oxygen atoms in total. The molecule has 158 valence electrons. The largest absolute Gasteiger partial charge is 0.352 e. The molecule has 1 saturated heterocycles. The van der Waals surface area contributed by atoms with Gasteiger partial charge in [-0.05, 0) is 31.4 Å². The molecule has 1 aromatic carbocycles. The Balaban J connectivity index is 1.22. The van der Waals surface area contributed by atoms with Crippen molar-refractivity contribution in [1.82, 2.24) is 10.2 Å². The third kappa shape index (κ3) is 5.34. The quantitative estimate of drug-likeness (QED) is 0.743. The highest BCUT2D eigenvalue weighted by Crippen LogP contribution is 2.34. The lowest BCUT2D eigenvalue weighted by Crippen LogP contribution is -2.40. The lowest BCUT2D eigenvalue weighted by Gasteiger charge is -2.29. The Bertz CT molecular complexity index is 718. The van der Waals surface area contributed by atoms with Gasteiger partial charge in [-0.3, -0.25) is 14.5 Å². The highest BCUT2D eigenvalue weighted by Gasteiger charge is 2.29. The van der Waals surface area contributed by atoms with Crippen LogP contribution < -0.4 is 10.2 Å². The SMILES string of the molecule is O=C(CCC(=O)N1CCSc2ccccc21)NC1CCN(C2CCCCCC2)C1. The van der Waals surface area contributed by atoms with E-state index >= 15 is 0 Å². The van der Waals surface area contributed by atoms with Crippen molar-refractivity contribution in [2.75, 3.05) is 30.3 Å². The molecule has 3 aliphatic rings. The summed E-state index contributed by atoms with van der Waals surface area (Å²) in [6.07, 6.45) is 9.66. The van der Waals surface area contributed by atoms with E-state index < -0.39 is 0 Å². The molecule has 0 spiro atoms. The molecule has 0 radical (unpaired) electrons. The summed E-state index contributed by atoms with van der Waals surface area (Å²) in [4.78, 5) is 30.8. The van der Waals surface area contributed by atoms with E-state index in [-0.39, 0.29) is 30.7 Å². The Hall–Kier alpha value is -1.53. The molecular formula is C23H33N3O2S. The zero-order chi connectivity index (χ0) is 20.1. The van der Waals surface area contributed by atoms with E-state index in [4.69, 9.17) is 0 Å². The third-order valence-corrected chi connectivity index (χ3v) is 7.56. The number of rotatable bonds is 5. The van der Waals surface area contributed by atoms with Gasteiger partial charge in [-0.1, -0.05) is 37.8 Å². The summed E-state index contributed by atoms with van der Waals surface area (Å²) in [5, 5.41) is 3.19. The number of fused-ring (bicyclic) bond motifs is 1. The van der Waals surface area contributed by atoms with Gasteiger partial charge >= 0.3 is 0 Å². The minimum absolute atomic E-state index is 0.0192. The number of amides is 2. The second-order valence-corrected chi connectivity index (χ2v) is 9.69. The molecule has 1 N–H and O–H groups in total. The standard InChI is InChI=1S/C23H33N3O2S/c27-22(24-18-13-14-25(17-18)19-7-3-1-2-4-8-19)11-12-23(28)26-15-16-29-21-10-6-5-9-20(21)26/h5-6,9-10,18-19H,1-4,7-8,11-17H2,(H,24,27). The Morgan fingerprint density at radius 2 is 1.79 bits per heavy atom. The average molecular weight is 416 g/mol. The molecule has 0 aromatic heterocycles. The zero-order valence-corrected chi connectivity index (χ0v) is 18.1. The molecule has 2 aliphatic heterocycles. The van der Waals surface area contributed by atoms with Crippen LogP contribution in [-0.2, 0) is 9.59 Å². The molecule has 2 heterocycles. The molecule has 1 unspecified atom stereocenters. The Morgan fingerprint density at radius 1 is 1.00 bits per heavy atom. The van der Waals surface area contributed by atoms with Crippen LogP contribution in [0.2, 0.25) is 0 Å². The van der Waals surface area contributed by atoms with Crippen LogP contribution in [0.3, 0.4) is 0 Å².